The van der Waals surface area contributed by atoms with Crippen molar-refractivity contribution in [2.24, 2.45) is 0 Å². The molecule has 0 unspecified atom stereocenters. The van der Waals surface area contributed by atoms with Gasteiger partial charge in [-0.1, -0.05) is 17.7 Å². The van der Waals surface area contributed by atoms with E-state index in [9.17, 15) is 9.59 Å². The number of hydrogen-bond acceptors (Lipinski definition) is 5. The monoisotopic (exact) mass is 365 g/mol. The Morgan fingerprint density at radius 2 is 1.77 bits per heavy atom. The highest BCUT2D eigenvalue weighted by molar-refractivity contribution is 7.14. The van der Waals surface area contributed by atoms with E-state index in [0.29, 0.717) is 22.1 Å². The second-order valence-corrected chi connectivity index (χ2v) is 6.93. The first-order valence-electron chi connectivity index (χ1n) is 8.14. The third-order valence-corrected chi connectivity index (χ3v) is 4.67. The number of anilines is 3. The Bertz CT molecular complexity index is 961. The van der Waals surface area contributed by atoms with Crippen LogP contribution >= 0.6 is 11.3 Å². The molecule has 0 radical (unpaired) electrons. The second kappa shape index (κ2) is 7.49. The van der Waals surface area contributed by atoms with Crippen molar-refractivity contribution in [3.05, 3.63) is 70.2 Å². The van der Waals surface area contributed by atoms with Crippen LogP contribution in [0.5, 0.6) is 0 Å². The van der Waals surface area contributed by atoms with Gasteiger partial charge in [-0.3, -0.25) is 9.59 Å². The minimum Gasteiger partial charge on any atom is -0.331 e. The van der Waals surface area contributed by atoms with Crippen LogP contribution in [0.4, 0.5) is 16.5 Å². The first kappa shape index (κ1) is 17.8. The third kappa shape index (κ3) is 4.15. The molecule has 0 saturated carbocycles. The van der Waals surface area contributed by atoms with Crippen LogP contribution < -0.4 is 10.6 Å². The highest BCUT2D eigenvalue weighted by atomic mass is 32.1. The normalized spacial score (nSPS) is 10.4. The number of hydrogen-bond donors (Lipinski definition) is 2. The Kier molecular flexibility index (Phi) is 5.14. The fourth-order valence-electron chi connectivity index (χ4n) is 2.49. The van der Waals surface area contributed by atoms with Crippen molar-refractivity contribution in [1.29, 1.82) is 0 Å². The summed E-state index contributed by atoms with van der Waals surface area (Å²) in [6.45, 7) is 5.58. The van der Waals surface area contributed by atoms with Crippen molar-refractivity contribution in [2.75, 3.05) is 10.6 Å². The van der Waals surface area contributed by atoms with E-state index in [4.69, 9.17) is 0 Å². The lowest BCUT2D eigenvalue weighted by atomic mass is 10.1. The van der Waals surface area contributed by atoms with E-state index in [1.165, 1.54) is 23.8 Å². The molecule has 0 atom stereocenters. The smallest absolute Gasteiger partial charge is 0.275 e. The molecule has 0 aliphatic carbocycles. The number of nitrogens with one attached hydrogen (secondary N) is 2. The van der Waals surface area contributed by atoms with Crippen molar-refractivity contribution < 1.29 is 9.59 Å². The molecule has 6 heteroatoms. The number of carbonyl (C=O) groups excluding carboxylic acids is 2. The van der Waals surface area contributed by atoms with Gasteiger partial charge in [0.15, 0.2) is 10.9 Å². The van der Waals surface area contributed by atoms with Crippen molar-refractivity contribution >= 4 is 39.5 Å². The Morgan fingerprint density at radius 1 is 1.04 bits per heavy atom. The molecule has 1 aromatic heterocycles. The Labute approximate surface area is 156 Å². The maximum atomic E-state index is 12.3. The molecule has 0 aliphatic rings. The van der Waals surface area contributed by atoms with Crippen molar-refractivity contribution in [3.8, 4) is 0 Å². The molecule has 2 aromatic carbocycles. The van der Waals surface area contributed by atoms with Gasteiger partial charge in [0.05, 0.1) is 0 Å². The zero-order chi connectivity index (χ0) is 18.7. The number of ketones is 1. The van der Waals surface area contributed by atoms with Crippen LogP contribution in [-0.2, 0) is 0 Å². The highest BCUT2D eigenvalue weighted by Crippen LogP contribution is 2.24. The van der Waals surface area contributed by atoms with Gasteiger partial charge >= 0.3 is 0 Å². The predicted molar refractivity (Wildman–Crippen MR) is 106 cm³/mol. The number of aromatic nitrogens is 1. The van der Waals surface area contributed by atoms with Gasteiger partial charge in [-0.2, -0.15) is 0 Å². The summed E-state index contributed by atoms with van der Waals surface area (Å²) < 4.78 is 0. The lowest BCUT2D eigenvalue weighted by Gasteiger charge is -2.07. The van der Waals surface area contributed by atoms with Crippen LogP contribution in [0.25, 0.3) is 0 Å². The molecule has 0 bridgehead atoms. The number of aryl methyl sites for hydroxylation is 2. The molecule has 2 N–H and O–H groups in total. The van der Waals surface area contributed by atoms with E-state index in [-0.39, 0.29) is 11.7 Å². The van der Waals surface area contributed by atoms with Gasteiger partial charge < -0.3 is 10.6 Å². The first-order chi connectivity index (χ1) is 12.4. The van der Waals surface area contributed by atoms with E-state index in [2.05, 4.69) is 21.7 Å². The number of Topliss-reactive ketones (excluding diaryl/α,β-unsaturated/α-hetero) is 1. The average Bonchev–Trinajstić information content (AvgIpc) is 3.07. The standard InChI is InChI=1S/C20H19N3O2S/c1-12-4-9-17(13(2)10-12)22-20-23-18(11-26-20)19(25)21-16-7-5-15(6-8-16)14(3)24/h4-11H,1-3H3,(H,21,25)(H,22,23). The highest BCUT2D eigenvalue weighted by Gasteiger charge is 2.12. The number of carbonyl (C=O) groups is 2. The van der Waals surface area contributed by atoms with Crippen LogP contribution in [0.3, 0.4) is 0 Å². The molecule has 3 aromatic rings. The maximum Gasteiger partial charge on any atom is 0.275 e. The van der Waals surface area contributed by atoms with Crippen LogP contribution in [-0.4, -0.2) is 16.7 Å². The first-order valence-corrected chi connectivity index (χ1v) is 9.02. The van der Waals surface area contributed by atoms with Gasteiger partial charge in [0.1, 0.15) is 5.69 Å². The summed E-state index contributed by atoms with van der Waals surface area (Å²) in [5.41, 5.74) is 4.86. The largest absolute Gasteiger partial charge is 0.331 e. The molecule has 1 heterocycles. The quantitative estimate of drug-likeness (QED) is 0.627. The van der Waals surface area contributed by atoms with Crippen LogP contribution in [0.15, 0.2) is 47.8 Å². The van der Waals surface area contributed by atoms with Gasteiger partial charge in [0, 0.05) is 22.3 Å². The van der Waals surface area contributed by atoms with E-state index >= 15 is 0 Å². The Morgan fingerprint density at radius 3 is 2.42 bits per heavy atom. The molecule has 5 nitrogen and oxygen atoms in total. The van der Waals surface area contributed by atoms with E-state index in [1.807, 2.05) is 26.0 Å². The summed E-state index contributed by atoms with van der Waals surface area (Å²) in [7, 11) is 0. The molecule has 0 saturated heterocycles. The Hall–Kier alpha value is -2.99. The summed E-state index contributed by atoms with van der Waals surface area (Å²) in [6.07, 6.45) is 0. The van der Waals surface area contributed by atoms with Crippen molar-refractivity contribution in [2.45, 2.75) is 20.8 Å². The summed E-state index contributed by atoms with van der Waals surface area (Å²) in [5.74, 6) is -0.296. The minimum atomic E-state index is -0.287. The molecule has 3 rings (SSSR count). The van der Waals surface area contributed by atoms with Crippen LogP contribution in [0, 0.1) is 13.8 Å². The van der Waals surface area contributed by atoms with Gasteiger partial charge in [0.2, 0.25) is 0 Å². The zero-order valence-corrected chi connectivity index (χ0v) is 15.6. The fraction of sp³-hybridized carbons (Fsp3) is 0.150. The maximum absolute atomic E-state index is 12.3. The number of nitrogens with zero attached hydrogens (tertiary/aromatic N) is 1. The van der Waals surface area contributed by atoms with Crippen LogP contribution in [0.2, 0.25) is 0 Å². The predicted octanol–water partition coefficient (Wildman–Crippen LogP) is 4.96. The molecular formula is C20H19N3O2S. The molecule has 0 spiro atoms. The Balaban J connectivity index is 1.68. The molecule has 0 fully saturated rings. The van der Waals surface area contributed by atoms with E-state index in [1.54, 1.807) is 29.6 Å². The lowest BCUT2D eigenvalue weighted by Crippen LogP contribution is -2.12. The fourth-order valence-corrected chi connectivity index (χ4v) is 3.19. The van der Waals surface area contributed by atoms with E-state index < -0.39 is 0 Å². The van der Waals surface area contributed by atoms with Crippen LogP contribution in [0.1, 0.15) is 38.9 Å². The summed E-state index contributed by atoms with van der Waals surface area (Å²) in [5, 5.41) is 8.41. The summed E-state index contributed by atoms with van der Waals surface area (Å²) in [4.78, 5) is 28.0. The van der Waals surface area contributed by atoms with Gasteiger partial charge in [-0.25, -0.2) is 4.98 Å². The minimum absolute atomic E-state index is 0.00973. The van der Waals surface area contributed by atoms with Crippen molar-refractivity contribution in [3.63, 3.8) is 0 Å². The van der Waals surface area contributed by atoms with E-state index in [0.717, 1.165) is 11.3 Å². The number of amides is 1. The number of benzene rings is 2. The summed E-state index contributed by atoms with van der Waals surface area (Å²) >= 11 is 1.37. The zero-order valence-electron chi connectivity index (χ0n) is 14.8. The molecular weight excluding hydrogens is 346 g/mol. The number of thiazole rings is 1. The average molecular weight is 365 g/mol. The third-order valence-electron chi connectivity index (χ3n) is 3.91. The van der Waals surface area contributed by atoms with Gasteiger partial charge in [0.25, 0.3) is 5.91 Å². The molecule has 1 amide bonds. The lowest BCUT2D eigenvalue weighted by molar-refractivity contribution is 0.101. The SMILES string of the molecule is CC(=O)c1ccc(NC(=O)c2csc(Nc3ccc(C)cc3C)n2)cc1. The van der Waals surface area contributed by atoms with Gasteiger partial charge in [-0.15, -0.1) is 11.3 Å². The topological polar surface area (TPSA) is 71.1 Å². The molecule has 0 aliphatic heterocycles. The van der Waals surface area contributed by atoms with Gasteiger partial charge in [-0.05, 0) is 56.7 Å². The van der Waals surface area contributed by atoms with Crippen molar-refractivity contribution in [1.82, 2.24) is 4.98 Å². The molecule has 26 heavy (non-hydrogen) atoms. The second-order valence-electron chi connectivity index (χ2n) is 6.07. The molecule has 132 valence electrons. The number of rotatable bonds is 5. The summed E-state index contributed by atoms with van der Waals surface area (Å²) in [6, 6.07) is 12.9.